The van der Waals surface area contributed by atoms with E-state index in [-0.39, 0.29) is 17.9 Å². The van der Waals surface area contributed by atoms with E-state index in [0.717, 1.165) is 31.4 Å². The zero-order valence-electron chi connectivity index (χ0n) is 15.3. The molecule has 1 fully saturated rings. The summed E-state index contributed by atoms with van der Waals surface area (Å²) < 4.78 is 0. The number of aromatic nitrogens is 1. The SMILES string of the molecule is CC(=O)Nc1ccc(NC(=O)C2CCCCN2/N=C/c2ccncc2)cc1. The Balaban J connectivity index is 1.64. The molecule has 1 aliphatic rings. The molecule has 2 amide bonds. The normalized spacial score (nSPS) is 16.9. The fourth-order valence-electron chi connectivity index (χ4n) is 2.98. The van der Waals surface area contributed by atoms with E-state index in [1.807, 2.05) is 17.1 Å². The van der Waals surface area contributed by atoms with Gasteiger partial charge in [-0.2, -0.15) is 5.10 Å². The van der Waals surface area contributed by atoms with Gasteiger partial charge in [0.05, 0.1) is 6.21 Å². The van der Waals surface area contributed by atoms with E-state index in [4.69, 9.17) is 0 Å². The molecule has 27 heavy (non-hydrogen) atoms. The molecule has 0 radical (unpaired) electrons. The number of rotatable bonds is 5. The van der Waals surface area contributed by atoms with Gasteiger partial charge in [0.1, 0.15) is 6.04 Å². The maximum absolute atomic E-state index is 12.7. The predicted octanol–water partition coefficient (Wildman–Crippen LogP) is 2.87. The molecule has 3 rings (SSSR count). The van der Waals surface area contributed by atoms with Gasteiger partial charge in [-0.3, -0.25) is 19.6 Å². The average molecular weight is 365 g/mol. The molecule has 1 aromatic carbocycles. The molecule has 1 aromatic heterocycles. The maximum atomic E-state index is 12.7. The van der Waals surface area contributed by atoms with Crippen molar-refractivity contribution in [2.24, 2.45) is 5.10 Å². The number of hydrazone groups is 1. The van der Waals surface area contributed by atoms with Crippen LogP contribution in [-0.2, 0) is 9.59 Å². The molecule has 0 spiro atoms. The second-order valence-corrected chi connectivity index (χ2v) is 6.45. The monoisotopic (exact) mass is 365 g/mol. The van der Waals surface area contributed by atoms with Crippen molar-refractivity contribution in [2.45, 2.75) is 32.2 Å². The first-order valence-electron chi connectivity index (χ1n) is 9.01. The smallest absolute Gasteiger partial charge is 0.248 e. The minimum Gasteiger partial charge on any atom is -0.326 e. The van der Waals surface area contributed by atoms with Crippen molar-refractivity contribution >= 4 is 29.4 Å². The van der Waals surface area contributed by atoms with Crippen molar-refractivity contribution in [1.82, 2.24) is 9.99 Å². The van der Waals surface area contributed by atoms with Gasteiger partial charge in [0.15, 0.2) is 0 Å². The Bertz CT molecular complexity index is 805. The van der Waals surface area contributed by atoms with Crippen molar-refractivity contribution in [2.75, 3.05) is 17.2 Å². The van der Waals surface area contributed by atoms with Gasteiger partial charge >= 0.3 is 0 Å². The molecule has 0 bridgehead atoms. The van der Waals surface area contributed by atoms with Gasteiger partial charge in [-0.25, -0.2) is 0 Å². The highest BCUT2D eigenvalue weighted by molar-refractivity contribution is 5.95. The Morgan fingerprint density at radius 2 is 1.74 bits per heavy atom. The van der Waals surface area contributed by atoms with Crippen molar-refractivity contribution < 1.29 is 9.59 Å². The highest BCUT2D eigenvalue weighted by Crippen LogP contribution is 2.20. The summed E-state index contributed by atoms with van der Waals surface area (Å²) in [5.74, 6) is -0.203. The highest BCUT2D eigenvalue weighted by atomic mass is 16.2. The number of benzene rings is 1. The van der Waals surface area contributed by atoms with Crippen LogP contribution in [-0.4, -0.2) is 40.6 Å². The van der Waals surface area contributed by atoms with Crippen LogP contribution in [0.2, 0.25) is 0 Å². The second-order valence-electron chi connectivity index (χ2n) is 6.45. The van der Waals surface area contributed by atoms with Crippen molar-refractivity contribution in [3.05, 3.63) is 54.4 Å². The standard InChI is InChI=1S/C20H23N5O2/c1-15(26)23-17-5-7-18(8-6-17)24-20(27)19-4-2-3-13-25(19)22-14-16-9-11-21-12-10-16/h5-12,14,19H,2-4,13H2,1H3,(H,23,26)(H,24,27)/b22-14+. The largest absolute Gasteiger partial charge is 0.326 e. The van der Waals surface area contributed by atoms with Crippen LogP contribution in [0.15, 0.2) is 53.9 Å². The molecule has 1 aliphatic heterocycles. The molecule has 0 saturated carbocycles. The van der Waals surface area contributed by atoms with Crippen molar-refractivity contribution in [1.29, 1.82) is 0 Å². The molecule has 7 nitrogen and oxygen atoms in total. The first kappa shape index (κ1) is 18.6. The number of piperidine rings is 1. The lowest BCUT2D eigenvalue weighted by atomic mass is 10.0. The van der Waals surface area contributed by atoms with E-state index in [2.05, 4.69) is 20.7 Å². The van der Waals surface area contributed by atoms with Gasteiger partial charge in [0.2, 0.25) is 11.8 Å². The van der Waals surface area contributed by atoms with Gasteiger partial charge in [-0.15, -0.1) is 0 Å². The summed E-state index contributed by atoms with van der Waals surface area (Å²) in [4.78, 5) is 27.8. The number of hydrogen-bond donors (Lipinski definition) is 2. The van der Waals surface area contributed by atoms with Gasteiger partial charge in [0, 0.05) is 37.2 Å². The molecule has 7 heteroatoms. The van der Waals surface area contributed by atoms with E-state index in [0.29, 0.717) is 11.4 Å². The third-order valence-electron chi connectivity index (χ3n) is 4.31. The Hall–Kier alpha value is -3.22. The number of anilines is 2. The molecule has 1 unspecified atom stereocenters. The number of carbonyl (C=O) groups is 2. The number of nitrogens with one attached hydrogen (secondary N) is 2. The first-order valence-corrected chi connectivity index (χ1v) is 9.01. The number of nitrogens with zero attached hydrogens (tertiary/aromatic N) is 3. The van der Waals surface area contributed by atoms with E-state index >= 15 is 0 Å². The van der Waals surface area contributed by atoms with Crippen LogP contribution in [0.25, 0.3) is 0 Å². The molecule has 2 aromatic rings. The van der Waals surface area contributed by atoms with Crippen molar-refractivity contribution in [3.63, 3.8) is 0 Å². The first-order chi connectivity index (χ1) is 13.1. The Morgan fingerprint density at radius 3 is 2.41 bits per heavy atom. The molecule has 2 heterocycles. The van der Waals surface area contributed by atoms with E-state index in [1.54, 1.807) is 42.9 Å². The third kappa shape index (κ3) is 5.37. The highest BCUT2D eigenvalue weighted by Gasteiger charge is 2.27. The van der Waals surface area contributed by atoms with Gasteiger partial charge in [0.25, 0.3) is 0 Å². The lowest BCUT2D eigenvalue weighted by Gasteiger charge is -2.32. The zero-order valence-corrected chi connectivity index (χ0v) is 15.3. The molecular formula is C20H23N5O2. The molecule has 0 aliphatic carbocycles. The van der Waals surface area contributed by atoms with Crippen LogP contribution in [0.5, 0.6) is 0 Å². The lowest BCUT2D eigenvalue weighted by molar-refractivity contribution is -0.122. The van der Waals surface area contributed by atoms with Crippen molar-refractivity contribution in [3.8, 4) is 0 Å². The molecule has 1 atom stereocenters. The molecule has 1 saturated heterocycles. The average Bonchev–Trinajstić information content (AvgIpc) is 2.68. The Kier molecular flexibility index (Phi) is 6.14. The maximum Gasteiger partial charge on any atom is 0.248 e. The van der Waals surface area contributed by atoms with Crippen LogP contribution in [0, 0.1) is 0 Å². The zero-order chi connectivity index (χ0) is 19.1. The van der Waals surface area contributed by atoms with E-state index in [1.165, 1.54) is 6.92 Å². The topological polar surface area (TPSA) is 86.7 Å². The fraction of sp³-hybridized carbons (Fsp3) is 0.300. The number of carbonyl (C=O) groups excluding carboxylic acids is 2. The van der Waals surface area contributed by atoms with Crippen LogP contribution >= 0.6 is 0 Å². The van der Waals surface area contributed by atoms with E-state index in [9.17, 15) is 9.59 Å². The minimum absolute atomic E-state index is 0.0751. The summed E-state index contributed by atoms with van der Waals surface area (Å²) in [5.41, 5.74) is 2.34. The van der Waals surface area contributed by atoms with Gasteiger partial charge < -0.3 is 10.6 Å². The Morgan fingerprint density at radius 1 is 1.07 bits per heavy atom. The van der Waals surface area contributed by atoms with Crippen LogP contribution in [0.4, 0.5) is 11.4 Å². The third-order valence-corrected chi connectivity index (χ3v) is 4.31. The number of hydrogen-bond acceptors (Lipinski definition) is 5. The second kappa shape index (κ2) is 8.93. The summed E-state index contributed by atoms with van der Waals surface area (Å²) in [5, 5.41) is 12.0. The summed E-state index contributed by atoms with van der Waals surface area (Å²) >= 11 is 0. The summed E-state index contributed by atoms with van der Waals surface area (Å²) in [6.07, 6.45) is 7.97. The summed E-state index contributed by atoms with van der Waals surface area (Å²) in [6.45, 7) is 2.21. The fourth-order valence-corrected chi connectivity index (χ4v) is 2.98. The number of pyridine rings is 1. The summed E-state index contributed by atoms with van der Waals surface area (Å²) in [6, 6.07) is 10.5. The van der Waals surface area contributed by atoms with Gasteiger partial charge in [-0.05, 0) is 61.2 Å². The van der Waals surface area contributed by atoms with Crippen LogP contribution in [0.3, 0.4) is 0 Å². The van der Waals surface area contributed by atoms with Gasteiger partial charge in [-0.1, -0.05) is 0 Å². The molecule has 2 N–H and O–H groups in total. The molecular weight excluding hydrogens is 342 g/mol. The number of amides is 2. The van der Waals surface area contributed by atoms with E-state index < -0.39 is 0 Å². The minimum atomic E-state index is -0.299. The summed E-state index contributed by atoms with van der Waals surface area (Å²) in [7, 11) is 0. The van der Waals surface area contributed by atoms with Crippen LogP contribution in [0.1, 0.15) is 31.7 Å². The lowest BCUT2D eigenvalue weighted by Crippen LogP contribution is -2.44. The van der Waals surface area contributed by atoms with Crippen LogP contribution < -0.4 is 10.6 Å². The quantitative estimate of drug-likeness (QED) is 0.798. The predicted molar refractivity (Wildman–Crippen MR) is 106 cm³/mol. The Labute approximate surface area is 158 Å². The molecule has 140 valence electrons.